The standard InChI is InChI=1S/C13H16N2O4S/c1-3-4-5-8-15-20(17,18)12-7-6-10(14)9-11(12)13(16)19-2/h1,6-7,9,15H,4-5,8,14H2,2H3. The molecule has 0 spiro atoms. The minimum absolute atomic E-state index is 0.100. The van der Waals surface area contributed by atoms with Crippen LogP contribution in [0.5, 0.6) is 0 Å². The number of hydrogen-bond donors (Lipinski definition) is 2. The van der Waals surface area contributed by atoms with Crippen LogP contribution in [0.1, 0.15) is 23.2 Å². The summed E-state index contributed by atoms with van der Waals surface area (Å²) in [5.41, 5.74) is 5.73. The van der Waals surface area contributed by atoms with Gasteiger partial charge in [-0.1, -0.05) is 0 Å². The van der Waals surface area contributed by atoms with Crippen molar-refractivity contribution in [3.05, 3.63) is 23.8 Å². The first kappa shape index (κ1) is 16.0. The number of terminal acetylenes is 1. The first-order valence-corrected chi connectivity index (χ1v) is 7.31. The number of sulfonamides is 1. The SMILES string of the molecule is C#CCCCNS(=O)(=O)c1ccc(N)cc1C(=O)OC. The Morgan fingerprint density at radius 3 is 2.80 bits per heavy atom. The number of methoxy groups -OCH3 is 1. The molecular weight excluding hydrogens is 280 g/mol. The lowest BCUT2D eigenvalue weighted by Crippen LogP contribution is -2.26. The summed E-state index contributed by atoms with van der Waals surface area (Å²) in [6.07, 6.45) is 6.06. The van der Waals surface area contributed by atoms with Gasteiger partial charge in [0.1, 0.15) is 0 Å². The molecule has 7 heteroatoms. The van der Waals surface area contributed by atoms with Crippen molar-refractivity contribution in [1.29, 1.82) is 0 Å². The van der Waals surface area contributed by atoms with Crippen LogP contribution in [0.4, 0.5) is 5.69 Å². The first-order valence-electron chi connectivity index (χ1n) is 5.83. The van der Waals surface area contributed by atoms with Crippen molar-refractivity contribution < 1.29 is 17.9 Å². The highest BCUT2D eigenvalue weighted by atomic mass is 32.2. The van der Waals surface area contributed by atoms with Crippen LogP contribution in [0.2, 0.25) is 0 Å². The lowest BCUT2D eigenvalue weighted by Gasteiger charge is -2.10. The fraction of sp³-hybridized carbons (Fsp3) is 0.308. The van der Waals surface area contributed by atoms with E-state index < -0.39 is 16.0 Å². The number of nitrogen functional groups attached to an aromatic ring is 1. The number of nitrogens with one attached hydrogen (secondary N) is 1. The Balaban J connectivity index is 3.06. The zero-order valence-corrected chi connectivity index (χ0v) is 11.9. The van der Waals surface area contributed by atoms with Crippen molar-refractivity contribution in [3.8, 4) is 12.3 Å². The molecule has 0 saturated heterocycles. The Labute approximate surface area is 118 Å². The van der Waals surface area contributed by atoms with Crippen molar-refractivity contribution in [2.75, 3.05) is 19.4 Å². The van der Waals surface area contributed by atoms with Crippen molar-refractivity contribution in [3.63, 3.8) is 0 Å². The van der Waals surface area contributed by atoms with Crippen LogP contribution in [0.3, 0.4) is 0 Å². The summed E-state index contributed by atoms with van der Waals surface area (Å²) in [6.45, 7) is 0.192. The number of benzene rings is 1. The fourth-order valence-corrected chi connectivity index (χ4v) is 2.77. The van der Waals surface area contributed by atoms with Gasteiger partial charge in [0.05, 0.1) is 17.6 Å². The van der Waals surface area contributed by atoms with Crippen LogP contribution >= 0.6 is 0 Å². The van der Waals surface area contributed by atoms with Crippen molar-refractivity contribution in [2.45, 2.75) is 17.7 Å². The lowest BCUT2D eigenvalue weighted by molar-refractivity contribution is 0.0596. The summed E-state index contributed by atoms with van der Waals surface area (Å²) in [7, 11) is -2.65. The third kappa shape index (κ3) is 3.98. The van der Waals surface area contributed by atoms with E-state index in [9.17, 15) is 13.2 Å². The van der Waals surface area contributed by atoms with Gasteiger partial charge in [-0.25, -0.2) is 17.9 Å². The summed E-state index contributed by atoms with van der Waals surface area (Å²) in [6, 6.07) is 3.94. The molecule has 0 amide bonds. The Morgan fingerprint density at radius 2 is 2.20 bits per heavy atom. The van der Waals surface area contributed by atoms with Gasteiger partial charge in [-0.05, 0) is 24.6 Å². The molecule has 108 valence electrons. The van der Waals surface area contributed by atoms with Crippen LogP contribution in [-0.4, -0.2) is 28.0 Å². The third-order valence-electron chi connectivity index (χ3n) is 2.49. The van der Waals surface area contributed by atoms with E-state index >= 15 is 0 Å². The van der Waals surface area contributed by atoms with E-state index in [2.05, 4.69) is 15.4 Å². The Morgan fingerprint density at radius 1 is 1.50 bits per heavy atom. The Kier molecular flexibility index (Phi) is 5.55. The highest BCUT2D eigenvalue weighted by molar-refractivity contribution is 7.89. The molecule has 0 aromatic heterocycles. The maximum Gasteiger partial charge on any atom is 0.339 e. The fourth-order valence-electron chi connectivity index (χ4n) is 1.53. The first-order chi connectivity index (χ1) is 9.42. The maximum absolute atomic E-state index is 12.1. The van der Waals surface area contributed by atoms with Gasteiger partial charge in [-0.2, -0.15) is 0 Å². The molecule has 1 aromatic carbocycles. The van der Waals surface area contributed by atoms with E-state index in [4.69, 9.17) is 12.2 Å². The van der Waals surface area contributed by atoms with Gasteiger partial charge in [-0.3, -0.25) is 0 Å². The monoisotopic (exact) mass is 296 g/mol. The molecule has 1 aromatic rings. The van der Waals surface area contributed by atoms with Crippen molar-refractivity contribution >= 4 is 21.7 Å². The molecule has 1 rings (SSSR count). The van der Waals surface area contributed by atoms with E-state index in [1.807, 2.05) is 0 Å². The van der Waals surface area contributed by atoms with Crippen molar-refractivity contribution in [2.24, 2.45) is 0 Å². The van der Waals surface area contributed by atoms with Gasteiger partial charge in [0, 0.05) is 18.7 Å². The third-order valence-corrected chi connectivity index (χ3v) is 4.01. The second-order valence-corrected chi connectivity index (χ2v) is 5.69. The largest absolute Gasteiger partial charge is 0.465 e. The Bertz CT molecular complexity index is 632. The number of ether oxygens (including phenoxy) is 1. The number of hydrogen-bond acceptors (Lipinski definition) is 5. The molecular formula is C13H16N2O4S. The molecule has 0 heterocycles. The molecule has 3 N–H and O–H groups in total. The Hall–Kier alpha value is -2.04. The van der Waals surface area contributed by atoms with Crippen LogP contribution in [0.15, 0.2) is 23.1 Å². The number of carbonyl (C=O) groups excluding carboxylic acids is 1. The molecule has 0 radical (unpaired) electrons. The summed E-state index contributed by atoms with van der Waals surface area (Å²) >= 11 is 0. The second kappa shape index (κ2) is 6.93. The average Bonchev–Trinajstić information content (AvgIpc) is 2.42. The van der Waals surface area contributed by atoms with Gasteiger partial charge < -0.3 is 10.5 Å². The zero-order valence-electron chi connectivity index (χ0n) is 11.0. The summed E-state index contributed by atoms with van der Waals surface area (Å²) in [5, 5.41) is 0. The van der Waals surface area contributed by atoms with E-state index in [0.717, 1.165) is 0 Å². The van der Waals surface area contributed by atoms with Crippen LogP contribution in [0, 0.1) is 12.3 Å². The van der Waals surface area contributed by atoms with Gasteiger partial charge in [0.2, 0.25) is 10.0 Å². The van der Waals surface area contributed by atoms with Gasteiger partial charge in [-0.15, -0.1) is 12.3 Å². The molecule has 0 aliphatic carbocycles. The number of anilines is 1. The summed E-state index contributed by atoms with van der Waals surface area (Å²) < 4.78 is 31.2. The lowest BCUT2D eigenvalue weighted by atomic mass is 10.2. The molecule has 6 nitrogen and oxygen atoms in total. The normalized spacial score (nSPS) is 10.8. The second-order valence-electron chi connectivity index (χ2n) is 3.95. The summed E-state index contributed by atoms with van der Waals surface area (Å²) in [4.78, 5) is 11.4. The maximum atomic E-state index is 12.1. The molecule has 0 aliphatic rings. The number of unbranched alkanes of at least 4 members (excludes halogenated alkanes) is 1. The van der Waals surface area contributed by atoms with E-state index in [1.165, 1.54) is 25.3 Å². The number of nitrogens with two attached hydrogens (primary N) is 1. The number of rotatable bonds is 6. The summed E-state index contributed by atoms with van der Waals surface area (Å²) in [5.74, 6) is 1.65. The molecule has 0 bridgehead atoms. The van der Waals surface area contributed by atoms with Crippen molar-refractivity contribution in [1.82, 2.24) is 4.72 Å². The minimum Gasteiger partial charge on any atom is -0.465 e. The zero-order chi connectivity index (χ0) is 15.2. The van der Waals surface area contributed by atoms with Crippen LogP contribution < -0.4 is 10.5 Å². The topological polar surface area (TPSA) is 98.5 Å². The predicted molar refractivity (Wildman–Crippen MR) is 75.4 cm³/mol. The molecule has 0 aliphatic heterocycles. The van der Waals surface area contributed by atoms with Gasteiger partial charge in [0.25, 0.3) is 0 Å². The van der Waals surface area contributed by atoms with Crippen LogP contribution in [-0.2, 0) is 14.8 Å². The van der Waals surface area contributed by atoms with E-state index in [0.29, 0.717) is 12.8 Å². The smallest absolute Gasteiger partial charge is 0.339 e. The molecule has 0 unspecified atom stereocenters. The van der Waals surface area contributed by atoms with E-state index in [-0.39, 0.29) is 22.7 Å². The average molecular weight is 296 g/mol. The predicted octanol–water partition coefficient (Wildman–Crippen LogP) is 0.747. The molecule has 0 atom stereocenters. The highest BCUT2D eigenvalue weighted by Crippen LogP contribution is 2.19. The van der Waals surface area contributed by atoms with Crippen LogP contribution in [0.25, 0.3) is 0 Å². The molecule has 0 saturated carbocycles. The quantitative estimate of drug-likeness (QED) is 0.349. The van der Waals surface area contributed by atoms with Gasteiger partial charge >= 0.3 is 5.97 Å². The molecule has 0 fully saturated rings. The minimum atomic E-state index is -3.82. The molecule has 20 heavy (non-hydrogen) atoms. The van der Waals surface area contributed by atoms with Gasteiger partial charge in [0.15, 0.2) is 0 Å². The number of carbonyl (C=O) groups is 1. The number of esters is 1. The highest BCUT2D eigenvalue weighted by Gasteiger charge is 2.22. The van der Waals surface area contributed by atoms with E-state index in [1.54, 1.807) is 0 Å².